The number of nitrogens with zero attached hydrogens (tertiary/aromatic N) is 4. The fourth-order valence-corrected chi connectivity index (χ4v) is 1.37. The van der Waals surface area contributed by atoms with Crippen LogP contribution in [-0.4, -0.2) is 32.7 Å². The zero-order valence-electron chi connectivity index (χ0n) is 9.45. The molecule has 0 fully saturated rings. The molecule has 0 spiro atoms. The monoisotopic (exact) mass is 250 g/mol. The highest BCUT2D eigenvalue weighted by molar-refractivity contribution is 5.63. The van der Waals surface area contributed by atoms with Crippen molar-refractivity contribution >= 4 is 11.4 Å². The molecule has 2 aromatic rings. The van der Waals surface area contributed by atoms with E-state index < -0.39 is 4.92 Å². The number of hydrogen-bond donors (Lipinski definition) is 2. The SMILES string of the molecule is COc1ccc(NCc2nn[nH]n2)c([N+](=O)[O-])c1. The van der Waals surface area contributed by atoms with E-state index in [0.717, 1.165) is 0 Å². The van der Waals surface area contributed by atoms with Gasteiger partial charge < -0.3 is 10.1 Å². The van der Waals surface area contributed by atoms with E-state index in [2.05, 4.69) is 25.9 Å². The van der Waals surface area contributed by atoms with E-state index in [0.29, 0.717) is 17.3 Å². The largest absolute Gasteiger partial charge is 0.496 e. The summed E-state index contributed by atoms with van der Waals surface area (Å²) in [4.78, 5) is 10.4. The molecule has 0 aliphatic carbocycles. The maximum Gasteiger partial charge on any atom is 0.296 e. The van der Waals surface area contributed by atoms with Crippen molar-refractivity contribution in [2.75, 3.05) is 12.4 Å². The zero-order valence-corrected chi connectivity index (χ0v) is 9.45. The van der Waals surface area contributed by atoms with Crippen LogP contribution >= 0.6 is 0 Å². The van der Waals surface area contributed by atoms with Crippen molar-refractivity contribution < 1.29 is 9.66 Å². The van der Waals surface area contributed by atoms with Gasteiger partial charge in [0.05, 0.1) is 24.6 Å². The number of H-pyrrole nitrogens is 1. The molecule has 9 heteroatoms. The van der Waals surface area contributed by atoms with Crippen LogP contribution in [0.2, 0.25) is 0 Å². The Bertz CT molecular complexity index is 541. The molecule has 0 unspecified atom stereocenters. The van der Waals surface area contributed by atoms with Gasteiger partial charge in [-0.15, -0.1) is 10.2 Å². The molecule has 2 rings (SSSR count). The summed E-state index contributed by atoms with van der Waals surface area (Å²) in [7, 11) is 1.45. The van der Waals surface area contributed by atoms with Crippen LogP contribution in [0.25, 0.3) is 0 Å². The molecule has 1 aromatic carbocycles. The second kappa shape index (κ2) is 5.08. The minimum absolute atomic E-state index is 0.0714. The van der Waals surface area contributed by atoms with Gasteiger partial charge in [-0.1, -0.05) is 5.21 Å². The Kier molecular flexibility index (Phi) is 3.32. The first-order valence-corrected chi connectivity index (χ1v) is 4.99. The zero-order chi connectivity index (χ0) is 13.0. The third-order valence-corrected chi connectivity index (χ3v) is 2.23. The van der Waals surface area contributed by atoms with Crippen LogP contribution in [0.15, 0.2) is 18.2 Å². The fraction of sp³-hybridized carbons (Fsp3) is 0.222. The normalized spacial score (nSPS) is 10.1. The first-order chi connectivity index (χ1) is 8.70. The standard InChI is InChI=1S/C9H10N6O3/c1-18-6-2-3-7(8(4-6)15(16)17)10-5-9-11-13-14-12-9/h2-4,10H,5H2,1H3,(H,11,12,13,14). The molecule has 0 aliphatic rings. The number of benzene rings is 1. The minimum atomic E-state index is -0.485. The quantitative estimate of drug-likeness (QED) is 0.592. The van der Waals surface area contributed by atoms with Gasteiger partial charge in [0.2, 0.25) is 0 Å². The van der Waals surface area contributed by atoms with Crippen LogP contribution in [0.3, 0.4) is 0 Å². The molecular formula is C9H10N6O3. The number of nitro benzene ring substituents is 1. The van der Waals surface area contributed by atoms with Gasteiger partial charge >= 0.3 is 0 Å². The first-order valence-electron chi connectivity index (χ1n) is 4.99. The minimum Gasteiger partial charge on any atom is -0.496 e. The molecule has 0 saturated heterocycles. The molecule has 0 saturated carbocycles. The predicted octanol–water partition coefficient (Wildman–Crippen LogP) is 0.729. The Balaban J connectivity index is 2.18. The van der Waals surface area contributed by atoms with Crippen molar-refractivity contribution in [3.05, 3.63) is 34.1 Å². The summed E-state index contributed by atoms with van der Waals surface area (Å²) in [5.74, 6) is 0.840. The molecule has 0 radical (unpaired) electrons. The number of nitrogens with one attached hydrogen (secondary N) is 2. The number of rotatable bonds is 5. The maximum atomic E-state index is 10.9. The van der Waals surface area contributed by atoms with E-state index in [1.54, 1.807) is 12.1 Å². The van der Waals surface area contributed by atoms with Crippen molar-refractivity contribution in [1.82, 2.24) is 20.6 Å². The summed E-state index contributed by atoms with van der Waals surface area (Å²) >= 11 is 0. The lowest BCUT2D eigenvalue weighted by molar-refractivity contribution is -0.384. The number of methoxy groups -OCH3 is 1. The Morgan fingerprint density at radius 3 is 3.00 bits per heavy atom. The van der Waals surface area contributed by atoms with Gasteiger partial charge in [-0.3, -0.25) is 10.1 Å². The summed E-state index contributed by atoms with van der Waals surface area (Å²) in [5.41, 5.74) is 0.295. The third-order valence-electron chi connectivity index (χ3n) is 2.23. The van der Waals surface area contributed by atoms with Gasteiger partial charge in [0, 0.05) is 0 Å². The highest BCUT2D eigenvalue weighted by atomic mass is 16.6. The average Bonchev–Trinajstić information content (AvgIpc) is 2.89. The van der Waals surface area contributed by atoms with Crippen LogP contribution < -0.4 is 10.1 Å². The Morgan fingerprint density at radius 1 is 1.56 bits per heavy atom. The van der Waals surface area contributed by atoms with E-state index in [9.17, 15) is 10.1 Å². The molecule has 2 N–H and O–H groups in total. The smallest absolute Gasteiger partial charge is 0.296 e. The van der Waals surface area contributed by atoms with E-state index >= 15 is 0 Å². The summed E-state index contributed by atoms with van der Waals surface area (Å²) in [6.07, 6.45) is 0. The van der Waals surface area contributed by atoms with Crippen LogP contribution in [0.4, 0.5) is 11.4 Å². The second-order valence-corrected chi connectivity index (χ2v) is 3.32. The number of tetrazole rings is 1. The van der Waals surface area contributed by atoms with Crippen LogP contribution in [-0.2, 0) is 6.54 Å². The molecule has 18 heavy (non-hydrogen) atoms. The number of aromatic nitrogens is 4. The van der Waals surface area contributed by atoms with Crippen molar-refractivity contribution in [1.29, 1.82) is 0 Å². The molecular weight excluding hydrogens is 240 g/mol. The molecule has 0 amide bonds. The number of nitro groups is 1. The maximum absolute atomic E-state index is 10.9. The second-order valence-electron chi connectivity index (χ2n) is 3.32. The van der Waals surface area contributed by atoms with E-state index in [-0.39, 0.29) is 12.2 Å². The Labute approximate surface area is 101 Å². The van der Waals surface area contributed by atoms with Gasteiger partial charge in [-0.2, -0.15) is 5.21 Å². The first kappa shape index (κ1) is 11.8. The molecule has 1 aromatic heterocycles. The van der Waals surface area contributed by atoms with E-state index in [1.165, 1.54) is 13.2 Å². The van der Waals surface area contributed by atoms with Crippen LogP contribution in [0.5, 0.6) is 5.75 Å². The topological polar surface area (TPSA) is 119 Å². The van der Waals surface area contributed by atoms with Crippen molar-refractivity contribution in [3.8, 4) is 5.75 Å². The highest BCUT2D eigenvalue weighted by Gasteiger charge is 2.15. The lowest BCUT2D eigenvalue weighted by Crippen LogP contribution is -2.04. The van der Waals surface area contributed by atoms with Gasteiger partial charge in [-0.05, 0) is 12.1 Å². The highest BCUT2D eigenvalue weighted by Crippen LogP contribution is 2.28. The average molecular weight is 250 g/mol. The summed E-state index contributed by atoms with van der Waals surface area (Å²) in [6, 6.07) is 4.54. The summed E-state index contributed by atoms with van der Waals surface area (Å²) < 4.78 is 4.94. The van der Waals surface area contributed by atoms with Gasteiger partial charge in [0.1, 0.15) is 11.4 Å². The van der Waals surface area contributed by atoms with Crippen LogP contribution in [0.1, 0.15) is 5.82 Å². The third kappa shape index (κ3) is 2.51. The molecule has 0 atom stereocenters. The number of ether oxygens (including phenoxy) is 1. The lowest BCUT2D eigenvalue weighted by Gasteiger charge is -2.06. The molecule has 1 heterocycles. The van der Waals surface area contributed by atoms with E-state index in [4.69, 9.17) is 4.74 Å². The van der Waals surface area contributed by atoms with Crippen LogP contribution in [0, 0.1) is 10.1 Å². The Morgan fingerprint density at radius 2 is 2.39 bits per heavy atom. The van der Waals surface area contributed by atoms with Gasteiger partial charge in [-0.25, -0.2) is 0 Å². The molecule has 0 bridgehead atoms. The number of aromatic amines is 1. The molecule has 0 aliphatic heterocycles. The van der Waals surface area contributed by atoms with Crippen molar-refractivity contribution in [2.45, 2.75) is 6.54 Å². The predicted molar refractivity (Wildman–Crippen MR) is 61.2 cm³/mol. The fourth-order valence-electron chi connectivity index (χ4n) is 1.37. The summed E-state index contributed by atoms with van der Waals surface area (Å²) in [6.45, 7) is 0.240. The van der Waals surface area contributed by atoms with Gasteiger partial charge in [0.25, 0.3) is 5.69 Å². The van der Waals surface area contributed by atoms with Crippen molar-refractivity contribution in [2.24, 2.45) is 0 Å². The van der Waals surface area contributed by atoms with Gasteiger partial charge in [0.15, 0.2) is 5.82 Å². The van der Waals surface area contributed by atoms with E-state index in [1.807, 2.05) is 0 Å². The number of anilines is 1. The lowest BCUT2D eigenvalue weighted by atomic mass is 10.2. The molecule has 94 valence electrons. The molecule has 9 nitrogen and oxygen atoms in total. The number of hydrogen-bond acceptors (Lipinski definition) is 7. The van der Waals surface area contributed by atoms with Crippen molar-refractivity contribution in [3.63, 3.8) is 0 Å². The summed E-state index contributed by atoms with van der Waals surface area (Å²) in [5, 5.41) is 26.9. The Hall–Kier alpha value is -2.71.